The molecule has 1 aliphatic rings. The summed E-state index contributed by atoms with van der Waals surface area (Å²) >= 11 is 6.11. The summed E-state index contributed by atoms with van der Waals surface area (Å²) in [4.78, 5) is 3.78. The van der Waals surface area contributed by atoms with Crippen LogP contribution in [-0.4, -0.2) is 46.4 Å². The summed E-state index contributed by atoms with van der Waals surface area (Å²) in [5.74, 6) is 0.739. The molecule has 0 atom stereocenters. The van der Waals surface area contributed by atoms with Crippen LogP contribution in [0.1, 0.15) is 11.4 Å². The van der Waals surface area contributed by atoms with E-state index < -0.39 is 0 Å². The molecule has 4 rings (SSSR count). The number of quaternary nitrogens is 1. The highest BCUT2D eigenvalue weighted by molar-refractivity contribution is 6.30. The fourth-order valence-corrected chi connectivity index (χ4v) is 3.44. The van der Waals surface area contributed by atoms with Crippen LogP contribution in [0.3, 0.4) is 0 Å². The molecule has 138 valence electrons. The summed E-state index contributed by atoms with van der Waals surface area (Å²) in [6, 6.07) is 16.2. The summed E-state index contributed by atoms with van der Waals surface area (Å²) in [5.41, 5.74) is 3.37. The van der Waals surface area contributed by atoms with E-state index in [0.29, 0.717) is 0 Å². The molecule has 3 aromatic rings. The van der Waals surface area contributed by atoms with Gasteiger partial charge < -0.3 is 9.80 Å². The van der Waals surface area contributed by atoms with Gasteiger partial charge in [-0.05, 0) is 47.7 Å². The number of aryl methyl sites for hydroxylation is 1. The number of benzene rings is 2. The number of halogens is 1. The van der Waals surface area contributed by atoms with Crippen LogP contribution in [0.15, 0.2) is 54.7 Å². The van der Waals surface area contributed by atoms with Crippen molar-refractivity contribution < 1.29 is 4.90 Å². The molecule has 0 spiro atoms. The largest absolute Gasteiger partial charge is 0.360 e. The highest BCUT2D eigenvalue weighted by Crippen LogP contribution is 2.19. The summed E-state index contributed by atoms with van der Waals surface area (Å²) in [5, 5.41) is 12.9. The molecule has 1 aliphatic heterocycles. The lowest BCUT2D eigenvalue weighted by Crippen LogP contribution is -3.10. The molecule has 2 aromatic carbocycles. The van der Waals surface area contributed by atoms with Gasteiger partial charge in [-0.3, -0.25) is 0 Å². The lowest BCUT2D eigenvalue weighted by atomic mass is 10.2. The maximum absolute atomic E-state index is 6.11. The van der Waals surface area contributed by atoms with Gasteiger partial charge in [0.05, 0.1) is 38.1 Å². The van der Waals surface area contributed by atoms with Crippen molar-refractivity contribution in [2.45, 2.75) is 6.92 Å². The van der Waals surface area contributed by atoms with Gasteiger partial charge in [0.25, 0.3) is 0 Å². The first-order valence-electron chi connectivity index (χ1n) is 9.08. The molecule has 1 fully saturated rings. The first-order chi connectivity index (χ1) is 13.2. The average molecular weight is 382 g/mol. The van der Waals surface area contributed by atoms with Crippen molar-refractivity contribution in [1.82, 2.24) is 20.2 Å². The SMILES string of the molecule is Cc1ccc(-n2nnnc2/C=C/[NH+]2CCN(c3cccc(Cl)c3)CC2)cc1. The Bertz CT molecular complexity index is 926. The fourth-order valence-electron chi connectivity index (χ4n) is 3.25. The number of hydrogen-bond donors (Lipinski definition) is 1. The standard InChI is InChI=1S/C20H21ClN6/c1-16-5-7-18(8-6-16)27-20(22-23-24-27)9-10-25-11-13-26(14-12-25)19-4-2-3-17(21)15-19/h2-10,15H,11-14H2,1H3/p+1/b10-9+. The molecule has 27 heavy (non-hydrogen) atoms. The zero-order chi connectivity index (χ0) is 18.6. The molecule has 0 saturated carbocycles. The molecule has 6 nitrogen and oxygen atoms in total. The zero-order valence-corrected chi connectivity index (χ0v) is 16.0. The van der Waals surface area contributed by atoms with Gasteiger partial charge in [-0.2, -0.15) is 4.68 Å². The second-order valence-corrected chi connectivity index (χ2v) is 7.18. The van der Waals surface area contributed by atoms with Crippen molar-refractivity contribution in [3.05, 3.63) is 71.1 Å². The van der Waals surface area contributed by atoms with E-state index in [1.54, 1.807) is 4.68 Å². The van der Waals surface area contributed by atoms with E-state index in [1.807, 2.05) is 36.4 Å². The normalized spacial score (nSPS) is 15.6. The Morgan fingerprint density at radius 2 is 1.81 bits per heavy atom. The Morgan fingerprint density at radius 1 is 1.04 bits per heavy atom. The molecule has 0 aliphatic carbocycles. The van der Waals surface area contributed by atoms with Crippen LogP contribution in [0.25, 0.3) is 11.8 Å². The van der Waals surface area contributed by atoms with Gasteiger partial charge in [0.1, 0.15) is 0 Å². The number of piperazine rings is 1. The molecule has 1 saturated heterocycles. The van der Waals surface area contributed by atoms with Crippen molar-refractivity contribution >= 4 is 23.4 Å². The molecule has 0 unspecified atom stereocenters. The third-order valence-corrected chi connectivity index (χ3v) is 5.05. The summed E-state index contributed by atoms with van der Waals surface area (Å²) in [7, 11) is 0. The van der Waals surface area contributed by atoms with E-state index in [2.05, 4.69) is 51.7 Å². The fraction of sp³-hybridized carbons (Fsp3) is 0.250. The van der Waals surface area contributed by atoms with Gasteiger partial charge in [0, 0.05) is 16.8 Å². The minimum atomic E-state index is 0.739. The number of rotatable bonds is 4. The summed E-state index contributed by atoms with van der Waals surface area (Å²) in [6.07, 6.45) is 4.16. The summed E-state index contributed by atoms with van der Waals surface area (Å²) in [6.45, 7) is 6.09. The van der Waals surface area contributed by atoms with Crippen LogP contribution in [0.2, 0.25) is 5.02 Å². The lowest BCUT2D eigenvalue weighted by molar-refractivity contribution is -0.846. The smallest absolute Gasteiger partial charge is 0.185 e. The van der Waals surface area contributed by atoms with Crippen molar-refractivity contribution in [2.75, 3.05) is 31.1 Å². The van der Waals surface area contributed by atoms with Crippen molar-refractivity contribution in [1.29, 1.82) is 0 Å². The number of anilines is 1. The highest BCUT2D eigenvalue weighted by atomic mass is 35.5. The number of hydrogen-bond acceptors (Lipinski definition) is 4. The van der Waals surface area contributed by atoms with E-state index >= 15 is 0 Å². The van der Waals surface area contributed by atoms with Gasteiger partial charge in [0.15, 0.2) is 5.82 Å². The molecular formula is C20H22ClN6+. The first kappa shape index (κ1) is 17.7. The lowest BCUT2D eigenvalue weighted by Gasteiger charge is -2.32. The second kappa shape index (κ2) is 7.90. The minimum absolute atomic E-state index is 0.739. The number of tetrazole rings is 1. The monoisotopic (exact) mass is 381 g/mol. The van der Waals surface area contributed by atoms with Crippen LogP contribution in [0.5, 0.6) is 0 Å². The molecule has 0 bridgehead atoms. The predicted molar refractivity (Wildman–Crippen MR) is 107 cm³/mol. The molecule has 0 radical (unpaired) electrons. The number of nitrogens with one attached hydrogen (secondary N) is 1. The van der Waals surface area contributed by atoms with Crippen LogP contribution in [0, 0.1) is 6.92 Å². The van der Waals surface area contributed by atoms with E-state index in [0.717, 1.165) is 42.7 Å². The zero-order valence-electron chi connectivity index (χ0n) is 15.2. The Hall–Kier alpha value is -2.70. The van der Waals surface area contributed by atoms with Crippen molar-refractivity contribution in [2.24, 2.45) is 0 Å². The Morgan fingerprint density at radius 3 is 2.56 bits per heavy atom. The maximum atomic E-state index is 6.11. The Balaban J connectivity index is 1.40. The van der Waals surface area contributed by atoms with Gasteiger partial charge in [-0.15, -0.1) is 5.10 Å². The van der Waals surface area contributed by atoms with Crippen LogP contribution in [-0.2, 0) is 0 Å². The Labute approximate surface area is 163 Å². The van der Waals surface area contributed by atoms with Gasteiger partial charge >= 0.3 is 0 Å². The topological polar surface area (TPSA) is 51.3 Å². The number of nitrogens with zero attached hydrogens (tertiary/aromatic N) is 5. The maximum Gasteiger partial charge on any atom is 0.185 e. The van der Waals surface area contributed by atoms with E-state index in [-0.39, 0.29) is 0 Å². The van der Waals surface area contributed by atoms with E-state index in [9.17, 15) is 0 Å². The average Bonchev–Trinajstić information content (AvgIpc) is 3.16. The third kappa shape index (κ3) is 4.18. The molecule has 1 N–H and O–H groups in total. The Kier molecular flexibility index (Phi) is 5.18. The minimum Gasteiger partial charge on any atom is -0.360 e. The number of aromatic nitrogens is 4. The summed E-state index contributed by atoms with van der Waals surface area (Å²) < 4.78 is 1.76. The second-order valence-electron chi connectivity index (χ2n) is 6.74. The molecule has 2 heterocycles. The predicted octanol–water partition coefficient (Wildman–Crippen LogP) is 2.00. The van der Waals surface area contributed by atoms with E-state index in [1.165, 1.54) is 16.2 Å². The molecule has 0 amide bonds. The molecular weight excluding hydrogens is 360 g/mol. The van der Waals surface area contributed by atoms with Crippen LogP contribution < -0.4 is 9.80 Å². The van der Waals surface area contributed by atoms with Crippen molar-refractivity contribution in [3.8, 4) is 5.69 Å². The quantitative estimate of drug-likeness (QED) is 0.751. The molecule has 7 heteroatoms. The highest BCUT2D eigenvalue weighted by Gasteiger charge is 2.19. The van der Waals surface area contributed by atoms with Crippen LogP contribution in [0.4, 0.5) is 5.69 Å². The first-order valence-corrected chi connectivity index (χ1v) is 9.45. The van der Waals surface area contributed by atoms with Crippen LogP contribution >= 0.6 is 11.6 Å². The van der Waals surface area contributed by atoms with Crippen molar-refractivity contribution in [3.63, 3.8) is 0 Å². The van der Waals surface area contributed by atoms with E-state index in [4.69, 9.17) is 11.6 Å². The van der Waals surface area contributed by atoms with Gasteiger partial charge in [-0.1, -0.05) is 35.4 Å². The third-order valence-electron chi connectivity index (χ3n) is 4.82. The van der Waals surface area contributed by atoms with Gasteiger partial charge in [0.2, 0.25) is 0 Å². The molecule has 1 aromatic heterocycles. The van der Waals surface area contributed by atoms with Gasteiger partial charge in [-0.25, -0.2) is 0 Å².